The Morgan fingerprint density at radius 1 is 1.28 bits per heavy atom. The largest absolute Gasteiger partial charge is 0.347 e. The Balaban J connectivity index is 1.74. The second-order valence-corrected chi connectivity index (χ2v) is 10.4. The first kappa shape index (κ1) is 26.0. The number of alkyl halides is 2. The quantitative estimate of drug-likeness (QED) is 0.528. The van der Waals surface area contributed by atoms with Gasteiger partial charge in [-0.3, -0.25) is 13.9 Å². The third kappa shape index (κ3) is 5.07. The summed E-state index contributed by atoms with van der Waals surface area (Å²) in [5, 5.41) is 3.31. The van der Waals surface area contributed by atoms with Gasteiger partial charge >= 0.3 is 5.69 Å². The highest BCUT2D eigenvalue weighted by Crippen LogP contribution is 2.38. The van der Waals surface area contributed by atoms with Gasteiger partial charge in [-0.1, -0.05) is 46.8 Å². The van der Waals surface area contributed by atoms with Crippen LogP contribution < -0.4 is 16.6 Å². The van der Waals surface area contributed by atoms with Crippen LogP contribution in [0.1, 0.15) is 30.9 Å². The van der Waals surface area contributed by atoms with Gasteiger partial charge in [-0.05, 0) is 62.0 Å². The topological polar surface area (TPSA) is 68.4 Å². The predicted molar refractivity (Wildman–Crippen MR) is 142 cm³/mol. The van der Waals surface area contributed by atoms with Crippen LogP contribution in [0.2, 0.25) is 0 Å². The molecule has 1 aromatic carbocycles. The summed E-state index contributed by atoms with van der Waals surface area (Å²) in [6, 6.07) is 7.94. The van der Waals surface area contributed by atoms with Gasteiger partial charge < -0.3 is 5.32 Å². The van der Waals surface area contributed by atoms with Crippen LogP contribution in [0.5, 0.6) is 0 Å². The van der Waals surface area contributed by atoms with Gasteiger partial charge in [0, 0.05) is 30.2 Å². The molecule has 2 aromatic rings. The van der Waals surface area contributed by atoms with E-state index in [0.717, 1.165) is 14.6 Å². The molecule has 6 nitrogen and oxygen atoms in total. The maximum absolute atomic E-state index is 14.7. The van der Waals surface area contributed by atoms with E-state index in [2.05, 4.69) is 27.8 Å². The van der Waals surface area contributed by atoms with Crippen LogP contribution in [-0.2, 0) is 26.9 Å². The third-order valence-electron chi connectivity index (χ3n) is 6.86. The van der Waals surface area contributed by atoms with Crippen molar-refractivity contribution in [3.8, 4) is 0 Å². The number of rotatable bonds is 5. The van der Waals surface area contributed by atoms with Crippen molar-refractivity contribution in [1.29, 1.82) is 0 Å². The van der Waals surface area contributed by atoms with Gasteiger partial charge in [0.25, 0.3) is 11.5 Å². The zero-order chi connectivity index (χ0) is 26.2. The summed E-state index contributed by atoms with van der Waals surface area (Å²) < 4.78 is 32.8. The number of halogens is 3. The molecule has 36 heavy (non-hydrogen) atoms. The van der Waals surface area contributed by atoms with Crippen LogP contribution in [0, 0.1) is 11.8 Å². The molecule has 0 radical (unpaired) electrons. The van der Waals surface area contributed by atoms with Crippen LogP contribution in [0.15, 0.2) is 79.4 Å². The molecule has 2 atom stereocenters. The number of amidine groups is 1. The molecule has 1 aliphatic heterocycles. The minimum absolute atomic E-state index is 0.0847. The molecule has 190 valence electrons. The highest BCUT2D eigenvalue weighted by atomic mass is 79.9. The Morgan fingerprint density at radius 3 is 2.72 bits per heavy atom. The summed E-state index contributed by atoms with van der Waals surface area (Å²) in [6.07, 6.45) is 6.64. The van der Waals surface area contributed by atoms with Gasteiger partial charge in [0.05, 0.1) is 11.5 Å². The van der Waals surface area contributed by atoms with Crippen LogP contribution >= 0.6 is 15.9 Å². The van der Waals surface area contributed by atoms with Gasteiger partial charge in [-0.25, -0.2) is 18.6 Å². The molecular weight excluding hydrogens is 530 g/mol. The molecular formula is C27H29BrF2N4O2. The van der Waals surface area contributed by atoms with Crippen LogP contribution in [-0.4, -0.2) is 20.9 Å². The first-order valence-corrected chi connectivity index (χ1v) is 12.6. The lowest BCUT2D eigenvalue weighted by Crippen LogP contribution is -2.38. The third-order valence-corrected chi connectivity index (χ3v) is 7.35. The van der Waals surface area contributed by atoms with Gasteiger partial charge in [0.1, 0.15) is 11.7 Å². The molecule has 9 heteroatoms. The minimum atomic E-state index is -3.04. The second kappa shape index (κ2) is 10.1. The lowest BCUT2D eigenvalue weighted by Gasteiger charge is -2.29. The molecule has 1 aliphatic carbocycles. The van der Waals surface area contributed by atoms with Gasteiger partial charge in [-0.2, -0.15) is 0 Å². The standard InChI is InChI=1S/C27H29BrF2N4O2/c1-16(2)27(29,30)19-8-6-10-21(15-19)31-23-18(13-17-7-5-9-20(28)14-17)11-12-22-24(32-23)33(3)26(36)34(4)25(22)35/h5-10,14,18-19H,1,11-13,15H2,2-4H3,(H,31,32). The van der Waals surface area contributed by atoms with Crippen molar-refractivity contribution in [2.24, 2.45) is 30.9 Å². The molecule has 0 amide bonds. The van der Waals surface area contributed by atoms with E-state index in [4.69, 9.17) is 4.99 Å². The summed E-state index contributed by atoms with van der Waals surface area (Å²) in [6.45, 7) is 4.80. The van der Waals surface area contributed by atoms with Gasteiger partial charge in [0.15, 0.2) is 0 Å². The maximum atomic E-state index is 14.7. The first-order chi connectivity index (χ1) is 17.0. The van der Waals surface area contributed by atoms with Gasteiger partial charge in [0.2, 0.25) is 0 Å². The summed E-state index contributed by atoms with van der Waals surface area (Å²) in [5.74, 6) is -3.34. The Hall–Kier alpha value is -3.07. The van der Waals surface area contributed by atoms with E-state index in [1.165, 1.54) is 24.6 Å². The van der Waals surface area contributed by atoms with Crippen molar-refractivity contribution in [3.05, 3.63) is 96.8 Å². The zero-order valence-corrected chi connectivity index (χ0v) is 22.1. The summed E-state index contributed by atoms with van der Waals surface area (Å²) in [4.78, 5) is 30.3. The normalized spacial score (nSPS) is 19.7. The van der Waals surface area contributed by atoms with E-state index in [-0.39, 0.29) is 23.5 Å². The molecule has 2 heterocycles. The average Bonchev–Trinajstić information content (AvgIpc) is 3.01. The van der Waals surface area contributed by atoms with Crippen LogP contribution in [0.3, 0.4) is 0 Å². The van der Waals surface area contributed by atoms with Crippen LogP contribution in [0.4, 0.5) is 14.6 Å². The zero-order valence-electron chi connectivity index (χ0n) is 20.5. The first-order valence-electron chi connectivity index (χ1n) is 11.8. The molecule has 2 aliphatic rings. The summed E-state index contributed by atoms with van der Waals surface area (Å²) in [5.41, 5.74) is 1.13. The average molecular weight is 559 g/mol. The summed E-state index contributed by atoms with van der Waals surface area (Å²) >= 11 is 3.51. The number of allylic oxidation sites excluding steroid dienone is 5. The maximum Gasteiger partial charge on any atom is 0.332 e. The highest BCUT2D eigenvalue weighted by Gasteiger charge is 2.40. The van der Waals surface area contributed by atoms with Crippen molar-refractivity contribution in [1.82, 2.24) is 14.5 Å². The van der Waals surface area contributed by atoms with Crippen molar-refractivity contribution in [2.45, 2.75) is 38.5 Å². The lowest BCUT2D eigenvalue weighted by molar-refractivity contribution is -0.00203. The molecule has 4 rings (SSSR count). The monoisotopic (exact) mass is 558 g/mol. The second-order valence-electron chi connectivity index (χ2n) is 9.49. The number of fused-ring (bicyclic) bond motifs is 1. The highest BCUT2D eigenvalue weighted by molar-refractivity contribution is 9.10. The molecule has 0 saturated heterocycles. The fraction of sp³-hybridized carbons (Fsp3) is 0.370. The van der Waals surface area contributed by atoms with E-state index in [9.17, 15) is 18.4 Å². The fourth-order valence-corrected chi connectivity index (χ4v) is 5.15. The molecule has 0 fully saturated rings. The molecule has 1 N–H and O–H groups in total. The van der Waals surface area contributed by atoms with E-state index < -0.39 is 17.5 Å². The molecule has 2 unspecified atom stereocenters. The smallest absolute Gasteiger partial charge is 0.332 e. The van der Waals surface area contributed by atoms with E-state index >= 15 is 0 Å². The number of nitrogens with one attached hydrogen (secondary N) is 1. The predicted octanol–water partition coefficient (Wildman–Crippen LogP) is 4.94. The fourth-order valence-electron chi connectivity index (χ4n) is 4.70. The molecule has 0 bridgehead atoms. The van der Waals surface area contributed by atoms with Crippen molar-refractivity contribution in [3.63, 3.8) is 0 Å². The number of nitrogens with zero attached hydrogens (tertiary/aromatic N) is 3. The number of benzene rings is 1. The molecule has 0 saturated carbocycles. The molecule has 1 aromatic heterocycles. The number of hydrogen-bond donors (Lipinski definition) is 1. The SMILES string of the molecule is C=C(C)C(F)(F)C1C=CC=C(NC2=Nc3c(c(=O)n(C)c(=O)n3C)CCC2Cc2cccc(Br)c2)C1. The Kier molecular flexibility index (Phi) is 7.31. The Labute approximate surface area is 216 Å². The molecule has 0 spiro atoms. The van der Waals surface area contributed by atoms with Gasteiger partial charge in [-0.15, -0.1) is 0 Å². The number of aromatic nitrogens is 2. The lowest BCUT2D eigenvalue weighted by atomic mass is 9.88. The number of hydrogen-bond acceptors (Lipinski definition) is 4. The van der Waals surface area contributed by atoms with E-state index in [0.29, 0.717) is 42.2 Å². The Bertz CT molecular complexity index is 1420. The minimum Gasteiger partial charge on any atom is -0.347 e. The van der Waals surface area contributed by atoms with E-state index in [1.54, 1.807) is 19.2 Å². The van der Waals surface area contributed by atoms with E-state index in [1.807, 2.05) is 24.3 Å². The van der Waals surface area contributed by atoms with Crippen molar-refractivity contribution in [2.75, 3.05) is 0 Å². The summed E-state index contributed by atoms with van der Waals surface area (Å²) in [7, 11) is 3.04. The Morgan fingerprint density at radius 2 is 2.03 bits per heavy atom. The van der Waals surface area contributed by atoms with Crippen molar-refractivity contribution < 1.29 is 8.78 Å². The number of aliphatic imine (C=N–C) groups is 1. The van der Waals surface area contributed by atoms with Crippen molar-refractivity contribution >= 4 is 27.6 Å². The van der Waals surface area contributed by atoms with Crippen LogP contribution in [0.25, 0.3) is 0 Å².